The molecule has 0 aliphatic carbocycles. The molecule has 0 spiro atoms. The fraction of sp³-hybridized carbons (Fsp3) is 0.333. The van der Waals surface area contributed by atoms with Gasteiger partial charge in [-0.05, 0) is 18.1 Å². The largest absolute Gasteiger partial charge is 0.364 e. The van der Waals surface area contributed by atoms with Gasteiger partial charge in [0.05, 0.1) is 5.56 Å². The Morgan fingerprint density at radius 3 is 2.58 bits per heavy atom. The normalized spacial score (nSPS) is 22.9. The molecule has 4 rings (SSSR count). The Morgan fingerprint density at radius 2 is 1.96 bits per heavy atom. The van der Waals surface area contributed by atoms with Crippen LogP contribution in [0.2, 0.25) is 0 Å². The van der Waals surface area contributed by atoms with E-state index in [0.29, 0.717) is 11.6 Å². The molecule has 0 unspecified atom stereocenters. The lowest BCUT2D eigenvalue weighted by Gasteiger charge is -2.34. The number of piperazine rings is 1. The van der Waals surface area contributed by atoms with Crippen LogP contribution in [-0.4, -0.2) is 51.8 Å². The number of nitrogens with zero attached hydrogens (tertiary/aromatic N) is 2. The second kappa shape index (κ2) is 5.79. The van der Waals surface area contributed by atoms with Crippen LogP contribution in [0.25, 0.3) is 0 Å². The van der Waals surface area contributed by atoms with Gasteiger partial charge in [-0.25, -0.2) is 0 Å². The molecule has 2 amide bonds. The molecule has 2 aliphatic rings. The van der Waals surface area contributed by atoms with Crippen LogP contribution in [0.15, 0.2) is 42.6 Å². The van der Waals surface area contributed by atoms with Crippen LogP contribution in [0.5, 0.6) is 0 Å². The number of carbonyl (C=O) groups is 2. The molecule has 1 aromatic carbocycles. The van der Waals surface area contributed by atoms with Gasteiger partial charge in [-0.3, -0.25) is 14.5 Å². The quantitative estimate of drug-likeness (QED) is 0.887. The van der Waals surface area contributed by atoms with Crippen molar-refractivity contribution in [2.45, 2.75) is 25.0 Å². The second-order valence-corrected chi connectivity index (χ2v) is 6.58. The number of nitrogens with two attached hydrogens (primary N) is 1. The molecule has 24 heavy (non-hydrogen) atoms. The third kappa shape index (κ3) is 2.59. The van der Waals surface area contributed by atoms with Crippen LogP contribution in [0.4, 0.5) is 0 Å². The third-order valence-electron chi connectivity index (χ3n) is 5.04. The first-order valence-electron chi connectivity index (χ1n) is 8.19. The number of aromatic nitrogens is 1. The molecule has 2 fully saturated rings. The SMILES string of the molecule is NC(=O)c1cc(C(=O)N2C[C@@H]3C[C@H]2CN3Cc2ccccc2)c[nH]1. The molecule has 1 aromatic heterocycles. The van der Waals surface area contributed by atoms with Crippen LogP contribution < -0.4 is 5.73 Å². The highest BCUT2D eigenvalue weighted by Gasteiger charge is 2.45. The van der Waals surface area contributed by atoms with E-state index in [0.717, 1.165) is 26.1 Å². The van der Waals surface area contributed by atoms with Gasteiger partial charge < -0.3 is 15.6 Å². The average Bonchev–Trinajstić information content (AvgIpc) is 3.30. The summed E-state index contributed by atoms with van der Waals surface area (Å²) in [5.41, 5.74) is 7.31. The van der Waals surface area contributed by atoms with Crippen molar-refractivity contribution in [3.05, 3.63) is 59.4 Å². The van der Waals surface area contributed by atoms with Crippen molar-refractivity contribution in [1.82, 2.24) is 14.8 Å². The molecule has 2 aromatic rings. The minimum absolute atomic E-state index is 0.0226. The molecule has 2 bridgehead atoms. The molecule has 3 N–H and O–H groups in total. The monoisotopic (exact) mass is 324 g/mol. The summed E-state index contributed by atoms with van der Waals surface area (Å²) in [5.74, 6) is -0.573. The zero-order chi connectivity index (χ0) is 16.7. The van der Waals surface area contributed by atoms with Gasteiger partial charge in [0.15, 0.2) is 0 Å². The summed E-state index contributed by atoms with van der Waals surface area (Å²) in [6.07, 6.45) is 2.59. The molecule has 0 radical (unpaired) electrons. The van der Waals surface area contributed by atoms with E-state index in [-0.39, 0.29) is 17.6 Å². The Hall–Kier alpha value is -2.60. The van der Waals surface area contributed by atoms with Gasteiger partial charge in [-0.1, -0.05) is 30.3 Å². The van der Waals surface area contributed by atoms with E-state index >= 15 is 0 Å². The molecule has 2 saturated heterocycles. The number of hydrogen-bond donors (Lipinski definition) is 2. The highest BCUT2D eigenvalue weighted by molar-refractivity contribution is 5.98. The first kappa shape index (κ1) is 15.0. The van der Waals surface area contributed by atoms with Gasteiger partial charge in [0, 0.05) is 37.9 Å². The summed E-state index contributed by atoms with van der Waals surface area (Å²) >= 11 is 0. The number of aromatic amines is 1. The molecular weight excluding hydrogens is 304 g/mol. The van der Waals surface area contributed by atoms with E-state index < -0.39 is 5.91 Å². The van der Waals surface area contributed by atoms with E-state index in [1.54, 1.807) is 12.3 Å². The maximum Gasteiger partial charge on any atom is 0.265 e. The number of rotatable bonds is 4. The third-order valence-corrected chi connectivity index (χ3v) is 5.04. The van der Waals surface area contributed by atoms with Gasteiger partial charge in [0.25, 0.3) is 11.8 Å². The second-order valence-electron chi connectivity index (χ2n) is 6.58. The maximum atomic E-state index is 12.7. The van der Waals surface area contributed by atoms with Crippen LogP contribution in [-0.2, 0) is 6.54 Å². The smallest absolute Gasteiger partial charge is 0.265 e. The molecule has 2 aliphatic heterocycles. The molecule has 0 saturated carbocycles. The number of H-pyrrole nitrogens is 1. The summed E-state index contributed by atoms with van der Waals surface area (Å²) in [6, 6.07) is 12.6. The zero-order valence-corrected chi connectivity index (χ0v) is 13.3. The van der Waals surface area contributed by atoms with E-state index in [1.165, 1.54) is 5.56 Å². The number of likely N-dealkylation sites (tertiary alicyclic amines) is 2. The van der Waals surface area contributed by atoms with Crippen LogP contribution in [0, 0.1) is 0 Å². The van der Waals surface area contributed by atoms with Gasteiger partial charge in [0.2, 0.25) is 0 Å². The van der Waals surface area contributed by atoms with Crippen molar-refractivity contribution < 1.29 is 9.59 Å². The molecule has 6 heteroatoms. The fourth-order valence-corrected chi connectivity index (χ4v) is 3.84. The summed E-state index contributed by atoms with van der Waals surface area (Å²) in [4.78, 5) is 31.0. The van der Waals surface area contributed by atoms with Crippen molar-refractivity contribution in [3.8, 4) is 0 Å². The van der Waals surface area contributed by atoms with Crippen LogP contribution in [0.3, 0.4) is 0 Å². The van der Waals surface area contributed by atoms with Gasteiger partial charge in [0.1, 0.15) is 5.69 Å². The van der Waals surface area contributed by atoms with E-state index in [1.807, 2.05) is 11.0 Å². The lowest BCUT2D eigenvalue weighted by Crippen LogP contribution is -2.48. The number of hydrogen-bond acceptors (Lipinski definition) is 3. The van der Waals surface area contributed by atoms with Gasteiger partial charge in [-0.15, -0.1) is 0 Å². The molecule has 2 atom stereocenters. The molecule has 3 heterocycles. The number of benzene rings is 1. The van der Waals surface area contributed by atoms with Crippen molar-refractivity contribution in [1.29, 1.82) is 0 Å². The zero-order valence-electron chi connectivity index (χ0n) is 13.3. The summed E-state index contributed by atoms with van der Waals surface area (Å²) < 4.78 is 0. The summed E-state index contributed by atoms with van der Waals surface area (Å²) in [6.45, 7) is 2.58. The molecule has 6 nitrogen and oxygen atoms in total. The Balaban J connectivity index is 1.42. The fourth-order valence-electron chi connectivity index (χ4n) is 3.84. The van der Waals surface area contributed by atoms with E-state index in [9.17, 15) is 9.59 Å². The Morgan fingerprint density at radius 1 is 1.17 bits per heavy atom. The minimum atomic E-state index is -0.550. The minimum Gasteiger partial charge on any atom is -0.364 e. The van der Waals surface area contributed by atoms with Gasteiger partial charge >= 0.3 is 0 Å². The number of amides is 2. The number of fused-ring (bicyclic) bond motifs is 2. The van der Waals surface area contributed by atoms with Crippen molar-refractivity contribution >= 4 is 11.8 Å². The predicted octanol–water partition coefficient (Wildman–Crippen LogP) is 1.21. The number of nitrogens with one attached hydrogen (secondary N) is 1. The van der Waals surface area contributed by atoms with Gasteiger partial charge in [-0.2, -0.15) is 0 Å². The maximum absolute atomic E-state index is 12.7. The summed E-state index contributed by atoms with van der Waals surface area (Å²) in [5, 5.41) is 0. The topological polar surface area (TPSA) is 82.4 Å². The van der Waals surface area contributed by atoms with E-state index in [4.69, 9.17) is 5.73 Å². The van der Waals surface area contributed by atoms with E-state index in [2.05, 4.69) is 34.1 Å². The van der Waals surface area contributed by atoms with Crippen LogP contribution in [0.1, 0.15) is 32.8 Å². The van der Waals surface area contributed by atoms with Crippen LogP contribution >= 0.6 is 0 Å². The van der Waals surface area contributed by atoms with Crippen molar-refractivity contribution in [3.63, 3.8) is 0 Å². The average molecular weight is 324 g/mol. The van der Waals surface area contributed by atoms with Crippen molar-refractivity contribution in [2.75, 3.05) is 13.1 Å². The number of primary amides is 1. The molecular formula is C18H20N4O2. The predicted molar refractivity (Wildman–Crippen MR) is 89.4 cm³/mol. The highest BCUT2D eigenvalue weighted by Crippen LogP contribution is 2.32. The Bertz CT molecular complexity index is 770. The van der Waals surface area contributed by atoms with Crippen molar-refractivity contribution in [2.24, 2.45) is 5.73 Å². The first-order chi connectivity index (χ1) is 11.6. The molecule has 124 valence electrons. The highest BCUT2D eigenvalue weighted by atomic mass is 16.2. The Labute approximate surface area is 140 Å². The first-order valence-corrected chi connectivity index (χ1v) is 8.19. The Kier molecular flexibility index (Phi) is 3.61. The summed E-state index contributed by atoms with van der Waals surface area (Å²) in [7, 11) is 0. The lowest BCUT2D eigenvalue weighted by molar-refractivity contribution is 0.0616. The number of carbonyl (C=O) groups excluding carboxylic acids is 2. The lowest BCUT2D eigenvalue weighted by atomic mass is 10.2. The standard InChI is InChI=1S/C18H20N4O2/c19-17(23)16-6-13(8-20-16)18(24)22-11-14-7-15(22)10-21(14)9-12-4-2-1-3-5-12/h1-6,8,14-15,20H,7,9-11H2,(H2,19,23)/t14-,15-/m0/s1.